The SMILES string of the molecule is CC.Cc1ccc(C(=O)N2CC(n3ccc(N)n3)C2)cc1. The Balaban J connectivity index is 0.000000774. The van der Waals surface area contributed by atoms with Crippen molar-refractivity contribution in [1.29, 1.82) is 0 Å². The molecule has 5 nitrogen and oxygen atoms in total. The Hall–Kier alpha value is -2.30. The Morgan fingerprint density at radius 1 is 1.19 bits per heavy atom. The van der Waals surface area contributed by atoms with Crippen LogP contribution in [-0.4, -0.2) is 33.7 Å². The summed E-state index contributed by atoms with van der Waals surface area (Å²) in [5.74, 6) is 0.597. The largest absolute Gasteiger partial charge is 0.382 e. The van der Waals surface area contributed by atoms with Crippen LogP contribution >= 0.6 is 0 Å². The van der Waals surface area contributed by atoms with Crippen LogP contribution in [0.4, 0.5) is 5.82 Å². The summed E-state index contributed by atoms with van der Waals surface area (Å²) in [5, 5.41) is 4.17. The number of hydrogen-bond acceptors (Lipinski definition) is 3. The van der Waals surface area contributed by atoms with Crippen LogP contribution in [0.25, 0.3) is 0 Å². The summed E-state index contributed by atoms with van der Waals surface area (Å²) in [6, 6.07) is 9.67. The number of amides is 1. The third kappa shape index (κ3) is 3.24. The normalized spacial score (nSPS) is 14.1. The van der Waals surface area contributed by atoms with E-state index in [1.54, 1.807) is 6.07 Å². The van der Waals surface area contributed by atoms with Crippen molar-refractivity contribution in [3.63, 3.8) is 0 Å². The van der Waals surface area contributed by atoms with Gasteiger partial charge in [-0.2, -0.15) is 5.10 Å². The van der Waals surface area contributed by atoms with Gasteiger partial charge in [-0.05, 0) is 25.1 Å². The van der Waals surface area contributed by atoms with E-state index in [1.807, 2.05) is 60.8 Å². The lowest BCUT2D eigenvalue weighted by atomic mass is 10.1. The molecule has 0 bridgehead atoms. The molecule has 1 saturated heterocycles. The van der Waals surface area contributed by atoms with Crippen molar-refractivity contribution in [1.82, 2.24) is 14.7 Å². The lowest BCUT2D eigenvalue weighted by Crippen LogP contribution is -2.50. The van der Waals surface area contributed by atoms with Crippen LogP contribution in [0.3, 0.4) is 0 Å². The number of nitrogens with two attached hydrogens (primary N) is 1. The van der Waals surface area contributed by atoms with Gasteiger partial charge in [-0.25, -0.2) is 0 Å². The molecule has 3 rings (SSSR count). The predicted octanol–water partition coefficient (Wildman–Crippen LogP) is 2.50. The number of carbonyl (C=O) groups excluding carboxylic acids is 1. The fourth-order valence-electron chi connectivity index (χ4n) is 2.22. The van der Waals surface area contributed by atoms with Gasteiger partial charge in [-0.15, -0.1) is 0 Å². The van der Waals surface area contributed by atoms with Gasteiger partial charge in [-0.3, -0.25) is 9.48 Å². The summed E-state index contributed by atoms with van der Waals surface area (Å²) in [4.78, 5) is 14.0. The summed E-state index contributed by atoms with van der Waals surface area (Å²) < 4.78 is 1.83. The lowest BCUT2D eigenvalue weighted by molar-refractivity contribution is 0.0502. The number of benzene rings is 1. The van der Waals surface area contributed by atoms with Crippen molar-refractivity contribution in [3.05, 3.63) is 47.7 Å². The average Bonchev–Trinajstić information content (AvgIpc) is 2.86. The third-order valence-electron chi connectivity index (χ3n) is 3.45. The molecule has 5 heteroatoms. The van der Waals surface area contributed by atoms with E-state index in [0.29, 0.717) is 18.9 Å². The Morgan fingerprint density at radius 2 is 1.81 bits per heavy atom. The first-order valence-electron chi connectivity index (χ1n) is 7.30. The summed E-state index contributed by atoms with van der Waals surface area (Å²) in [7, 11) is 0. The fourth-order valence-corrected chi connectivity index (χ4v) is 2.22. The molecule has 2 aromatic rings. The molecule has 0 radical (unpaired) electrons. The molecule has 2 heterocycles. The highest BCUT2D eigenvalue weighted by Gasteiger charge is 2.32. The zero-order chi connectivity index (χ0) is 15.4. The van der Waals surface area contributed by atoms with E-state index in [-0.39, 0.29) is 11.9 Å². The van der Waals surface area contributed by atoms with Crippen molar-refractivity contribution in [2.75, 3.05) is 18.8 Å². The number of likely N-dealkylation sites (tertiary alicyclic amines) is 1. The molecular formula is C16H22N4O. The van der Waals surface area contributed by atoms with Crippen molar-refractivity contribution < 1.29 is 4.79 Å². The molecule has 1 aliphatic heterocycles. The van der Waals surface area contributed by atoms with E-state index in [0.717, 1.165) is 11.1 Å². The molecule has 1 aliphatic rings. The molecule has 0 saturated carbocycles. The summed E-state index contributed by atoms with van der Waals surface area (Å²) in [5.41, 5.74) is 7.48. The second-order valence-corrected chi connectivity index (χ2v) is 4.95. The van der Waals surface area contributed by atoms with Gasteiger partial charge in [0.05, 0.1) is 6.04 Å². The van der Waals surface area contributed by atoms with Crippen LogP contribution in [0.1, 0.15) is 35.8 Å². The van der Waals surface area contributed by atoms with Crippen LogP contribution < -0.4 is 5.73 Å². The quantitative estimate of drug-likeness (QED) is 0.922. The van der Waals surface area contributed by atoms with E-state index < -0.39 is 0 Å². The van der Waals surface area contributed by atoms with E-state index in [2.05, 4.69) is 5.10 Å². The zero-order valence-electron chi connectivity index (χ0n) is 12.8. The van der Waals surface area contributed by atoms with Gasteiger partial charge in [0.2, 0.25) is 0 Å². The highest BCUT2D eigenvalue weighted by atomic mass is 16.2. The number of aryl methyl sites for hydroxylation is 1. The van der Waals surface area contributed by atoms with Crippen LogP contribution in [0.15, 0.2) is 36.5 Å². The van der Waals surface area contributed by atoms with Gasteiger partial charge in [0.25, 0.3) is 5.91 Å². The van der Waals surface area contributed by atoms with Crippen LogP contribution in [0, 0.1) is 6.92 Å². The van der Waals surface area contributed by atoms with Gasteiger partial charge in [0.15, 0.2) is 0 Å². The smallest absolute Gasteiger partial charge is 0.253 e. The maximum atomic E-state index is 12.2. The van der Waals surface area contributed by atoms with Gasteiger partial charge in [0.1, 0.15) is 5.82 Å². The van der Waals surface area contributed by atoms with Gasteiger partial charge < -0.3 is 10.6 Å². The average molecular weight is 286 g/mol. The number of aromatic nitrogens is 2. The van der Waals surface area contributed by atoms with Crippen molar-refractivity contribution in [2.24, 2.45) is 0 Å². The number of nitrogens with zero attached hydrogens (tertiary/aromatic N) is 3. The van der Waals surface area contributed by atoms with Crippen LogP contribution in [0.2, 0.25) is 0 Å². The van der Waals surface area contributed by atoms with Crippen LogP contribution in [0.5, 0.6) is 0 Å². The number of carbonyl (C=O) groups is 1. The van der Waals surface area contributed by atoms with E-state index in [1.165, 1.54) is 0 Å². The summed E-state index contributed by atoms with van der Waals surface area (Å²) in [6.07, 6.45) is 1.85. The molecule has 0 unspecified atom stereocenters. The standard InChI is InChI=1S/C14H16N4O.C2H6/c1-10-2-4-11(5-3-10)14(19)17-8-12(9-17)18-7-6-13(15)16-18;1-2/h2-7,12H,8-9H2,1H3,(H2,15,16);1-2H3. The zero-order valence-corrected chi connectivity index (χ0v) is 12.8. The topological polar surface area (TPSA) is 64.2 Å². The molecule has 0 atom stereocenters. The number of hydrogen-bond donors (Lipinski definition) is 1. The third-order valence-corrected chi connectivity index (χ3v) is 3.45. The maximum Gasteiger partial charge on any atom is 0.253 e. The van der Waals surface area contributed by atoms with Crippen LogP contribution in [-0.2, 0) is 0 Å². The minimum atomic E-state index is 0.0800. The maximum absolute atomic E-state index is 12.2. The molecule has 21 heavy (non-hydrogen) atoms. The number of rotatable bonds is 2. The molecule has 1 aromatic carbocycles. The first kappa shape index (κ1) is 15.1. The van der Waals surface area contributed by atoms with E-state index >= 15 is 0 Å². The Morgan fingerprint density at radius 3 is 2.33 bits per heavy atom. The van der Waals surface area contributed by atoms with E-state index in [9.17, 15) is 4.79 Å². The Labute approximate surface area is 125 Å². The number of nitrogen functional groups attached to an aromatic ring is 1. The molecule has 0 spiro atoms. The molecule has 0 aliphatic carbocycles. The summed E-state index contributed by atoms with van der Waals surface area (Å²) >= 11 is 0. The van der Waals surface area contributed by atoms with Gasteiger partial charge in [0, 0.05) is 24.8 Å². The highest BCUT2D eigenvalue weighted by Crippen LogP contribution is 2.23. The molecule has 1 aromatic heterocycles. The monoisotopic (exact) mass is 286 g/mol. The minimum Gasteiger partial charge on any atom is -0.382 e. The molecule has 112 valence electrons. The number of anilines is 1. The van der Waals surface area contributed by atoms with E-state index in [4.69, 9.17) is 5.73 Å². The Bertz CT molecular complexity index is 597. The van der Waals surface area contributed by atoms with Gasteiger partial charge in [-0.1, -0.05) is 31.5 Å². The second-order valence-electron chi connectivity index (χ2n) is 4.95. The lowest BCUT2D eigenvalue weighted by Gasteiger charge is -2.39. The fraction of sp³-hybridized carbons (Fsp3) is 0.375. The minimum absolute atomic E-state index is 0.0800. The predicted molar refractivity (Wildman–Crippen MR) is 84.1 cm³/mol. The Kier molecular flexibility index (Phi) is 4.62. The molecule has 1 amide bonds. The summed E-state index contributed by atoms with van der Waals surface area (Å²) in [6.45, 7) is 7.39. The van der Waals surface area contributed by atoms with Gasteiger partial charge >= 0.3 is 0 Å². The molecule has 1 fully saturated rings. The first-order chi connectivity index (χ1) is 10.1. The molecular weight excluding hydrogens is 264 g/mol. The van der Waals surface area contributed by atoms with Crippen molar-refractivity contribution in [2.45, 2.75) is 26.8 Å². The molecule has 2 N–H and O–H groups in total. The van der Waals surface area contributed by atoms with Crippen molar-refractivity contribution in [3.8, 4) is 0 Å². The second kappa shape index (κ2) is 6.43. The highest BCUT2D eigenvalue weighted by molar-refractivity contribution is 5.94. The first-order valence-corrected chi connectivity index (χ1v) is 7.30. The van der Waals surface area contributed by atoms with Crippen molar-refractivity contribution >= 4 is 11.7 Å².